The molecule has 0 bridgehead atoms. The molecule has 0 aliphatic carbocycles. The number of rotatable bonds is 3. The molecular weight excluding hydrogens is 292 g/mol. The molecule has 0 aliphatic heterocycles. The largest absolute Gasteiger partial charge is 0.307 e. The average molecular weight is 308 g/mol. The lowest BCUT2D eigenvalue weighted by Crippen LogP contribution is -2.21. The lowest BCUT2D eigenvalue weighted by molar-refractivity contribution is 0.102. The molecule has 0 fully saturated rings. The molecule has 0 saturated heterocycles. The van der Waals surface area contributed by atoms with Crippen LogP contribution in [0.5, 0.6) is 0 Å². The van der Waals surface area contributed by atoms with Gasteiger partial charge in [-0.1, -0.05) is 18.2 Å². The summed E-state index contributed by atoms with van der Waals surface area (Å²) in [6, 6.07) is 13.9. The third-order valence-corrected chi connectivity index (χ3v) is 3.45. The topological polar surface area (TPSA) is 68.9 Å². The van der Waals surface area contributed by atoms with E-state index in [4.69, 9.17) is 0 Å². The maximum absolute atomic E-state index is 12.4. The number of pyridine rings is 1. The number of benzene rings is 1. The van der Waals surface area contributed by atoms with Crippen molar-refractivity contribution in [3.05, 3.63) is 76.3 Å². The molecule has 0 radical (unpaired) electrons. The Labute approximate surface area is 133 Å². The summed E-state index contributed by atoms with van der Waals surface area (Å²) in [6.07, 6.45) is 1.54. The Bertz CT molecular complexity index is 910. The van der Waals surface area contributed by atoms with E-state index in [9.17, 15) is 9.59 Å². The van der Waals surface area contributed by atoms with E-state index in [1.807, 2.05) is 37.3 Å². The van der Waals surface area contributed by atoms with Crippen LogP contribution in [0.25, 0.3) is 5.69 Å². The first-order chi connectivity index (χ1) is 11.0. The number of amides is 1. The van der Waals surface area contributed by atoms with Gasteiger partial charge in [-0.25, -0.2) is 0 Å². The summed E-state index contributed by atoms with van der Waals surface area (Å²) in [6.45, 7) is 1.85. The van der Waals surface area contributed by atoms with E-state index in [1.165, 1.54) is 22.9 Å². The Morgan fingerprint density at radius 1 is 1.13 bits per heavy atom. The van der Waals surface area contributed by atoms with E-state index >= 15 is 0 Å². The van der Waals surface area contributed by atoms with E-state index in [-0.39, 0.29) is 11.5 Å². The SMILES string of the molecule is Cc1cc(NC(=O)c2ccc(=O)n(-c3ccccc3)c2)n(C)n1. The Hall–Kier alpha value is -3.15. The summed E-state index contributed by atoms with van der Waals surface area (Å²) in [4.78, 5) is 24.4. The Kier molecular flexibility index (Phi) is 3.80. The van der Waals surface area contributed by atoms with E-state index in [2.05, 4.69) is 10.4 Å². The summed E-state index contributed by atoms with van der Waals surface area (Å²) in [5.41, 5.74) is 1.73. The number of hydrogen-bond acceptors (Lipinski definition) is 3. The number of carbonyl (C=O) groups is 1. The van der Waals surface area contributed by atoms with E-state index < -0.39 is 0 Å². The third kappa shape index (κ3) is 3.06. The zero-order chi connectivity index (χ0) is 16.4. The number of carbonyl (C=O) groups excluding carboxylic acids is 1. The second kappa shape index (κ2) is 5.92. The number of aromatic nitrogens is 3. The van der Waals surface area contributed by atoms with E-state index in [0.717, 1.165) is 5.69 Å². The van der Waals surface area contributed by atoms with Crippen molar-refractivity contribution in [1.82, 2.24) is 14.3 Å². The zero-order valence-corrected chi connectivity index (χ0v) is 12.9. The van der Waals surface area contributed by atoms with Gasteiger partial charge in [0.2, 0.25) is 0 Å². The van der Waals surface area contributed by atoms with Crippen LogP contribution in [0.15, 0.2) is 59.5 Å². The van der Waals surface area contributed by atoms with Gasteiger partial charge in [0.15, 0.2) is 0 Å². The number of nitrogens with zero attached hydrogens (tertiary/aromatic N) is 3. The molecule has 2 aromatic heterocycles. The molecule has 6 heteroatoms. The third-order valence-electron chi connectivity index (χ3n) is 3.45. The molecule has 3 rings (SSSR count). The molecule has 0 saturated carbocycles. The van der Waals surface area contributed by atoms with Crippen LogP contribution in [0.3, 0.4) is 0 Å². The van der Waals surface area contributed by atoms with Gasteiger partial charge in [-0.15, -0.1) is 0 Å². The van der Waals surface area contributed by atoms with Crippen LogP contribution < -0.4 is 10.9 Å². The van der Waals surface area contributed by atoms with Gasteiger partial charge in [0, 0.05) is 31.1 Å². The van der Waals surface area contributed by atoms with Crippen molar-refractivity contribution in [2.75, 3.05) is 5.32 Å². The second-order valence-corrected chi connectivity index (χ2v) is 5.21. The van der Waals surface area contributed by atoms with Crippen LogP contribution >= 0.6 is 0 Å². The van der Waals surface area contributed by atoms with Crippen molar-refractivity contribution >= 4 is 11.7 Å². The molecule has 1 N–H and O–H groups in total. The number of anilines is 1. The highest BCUT2D eigenvalue weighted by atomic mass is 16.2. The first-order valence-corrected chi connectivity index (χ1v) is 7.15. The zero-order valence-electron chi connectivity index (χ0n) is 12.9. The number of nitrogens with one attached hydrogen (secondary N) is 1. The molecule has 0 aliphatic rings. The Morgan fingerprint density at radius 2 is 1.87 bits per heavy atom. The van der Waals surface area contributed by atoms with Crippen molar-refractivity contribution < 1.29 is 4.79 Å². The summed E-state index contributed by atoms with van der Waals surface area (Å²) in [5, 5.41) is 6.98. The molecule has 1 aromatic carbocycles. The van der Waals surface area contributed by atoms with Gasteiger partial charge in [0.1, 0.15) is 5.82 Å². The van der Waals surface area contributed by atoms with Crippen LogP contribution in [0.1, 0.15) is 16.1 Å². The van der Waals surface area contributed by atoms with Crippen LogP contribution in [0.4, 0.5) is 5.82 Å². The van der Waals surface area contributed by atoms with Crippen LogP contribution in [-0.2, 0) is 7.05 Å². The Morgan fingerprint density at radius 3 is 2.52 bits per heavy atom. The molecular formula is C17H16N4O2. The fourth-order valence-electron chi connectivity index (χ4n) is 2.33. The molecule has 0 unspecified atom stereocenters. The van der Waals surface area contributed by atoms with Gasteiger partial charge in [-0.05, 0) is 25.1 Å². The monoisotopic (exact) mass is 308 g/mol. The molecule has 0 spiro atoms. The molecule has 23 heavy (non-hydrogen) atoms. The maximum Gasteiger partial charge on any atom is 0.258 e. The van der Waals surface area contributed by atoms with Crippen molar-refractivity contribution in [2.24, 2.45) is 7.05 Å². The lowest BCUT2D eigenvalue weighted by atomic mass is 10.2. The number of para-hydroxylation sites is 1. The van der Waals surface area contributed by atoms with Crippen molar-refractivity contribution in [2.45, 2.75) is 6.92 Å². The standard InChI is InChI=1S/C17H16N4O2/c1-12-10-15(20(2)19-12)18-17(23)13-8-9-16(22)21(11-13)14-6-4-3-5-7-14/h3-11H,1-2H3,(H,18,23). The van der Waals surface area contributed by atoms with Gasteiger partial charge in [0.25, 0.3) is 11.5 Å². The molecule has 116 valence electrons. The number of aryl methyl sites for hydroxylation is 2. The first kappa shape index (κ1) is 14.8. The number of hydrogen-bond donors (Lipinski definition) is 1. The Balaban J connectivity index is 1.93. The first-order valence-electron chi connectivity index (χ1n) is 7.15. The summed E-state index contributed by atoms with van der Waals surface area (Å²) >= 11 is 0. The normalized spacial score (nSPS) is 10.5. The highest BCUT2D eigenvalue weighted by molar-refractivity contribution is 6.03. The van der Waals surface area contributed by atoms with Gasteiger partial charge < -0.3 is 5.32 Å². The minimum absolute atomic E-state index is 0.191. The average Bonchev–Trinajstić information content (AvgIpc) is 2.86. The maximum atomic E-state index is 12.4. The summed E-state index contributed by atoms with van der Waals surface area (Å²) in [5.74, 6) is 0.308. The quantitative estimate of drug-likeness (QED) is 0.806. The summed E-state index contributed by atoms with van der Waals surface area (Å²) in [7, 11) is 1.76. The fraction of sp³-hybridized carbons (Fsp3) is 0.118. The summed E-state index contributed by atoms with van der Waals surface area (Å²) < 4.78 is 3.05. The molecule has 6 nitrogen and oxygen atoms in total. The van der Waals surface area contributed by atoms with Gasteiger partial charge in [-0.2, -0.15) is 5.10 Å². The highest BCUT2D eigenvalue weighted by Crippen LogP contribution is 2.11. The van der Waals surface area contributed by atoms with E-state index in [1.54, 1.807) is 17.8 Å². The van der Waals surface area contributed by atoms with Crippen molar-refractivity contribution in [3.63, 3.8) is 0 Å². The molecule has 0 atom stereocenters. The smallest absolute Gasteiger partial charge is 0.258 e. The van der Waals surface area contributed by atoms with Crippen LogP contribution in [-0.4, -0.2) is 20.3 Å². The van der Waals surface area contributed by atoms with Crippen LogP contribution in [0.2, 0.25) is 0 Å². The minimum atomic E-state index is -0.294. The lowest BCUT2D eigenvalue weighted by Gasteiger charge is -2.09. The van der Waals surface area contributed by atoms with Gasteiger partial charge in [-0.3, -0.25) is 18.8 Å². The highest BCUT2D eigenvalue weighted by Gasteiger charge is 2.11. The predicted octanol–water partition coefficient (Wildman–Crippen LogP) is 2.13. The molecule has 2 heterocycles. The van der Waals surface area contributed by atoms with Crippen molar-refractivity contribution in [1.29, 1.82) is 0 Å². The predicted molar refractivity (Wildman–Crippen MR) is 87.9 cm³/mol. The fourth-order valence-corrected chi connectivity index (χ4v) is 2.33. The molecule has 3 aromatic rings. The van der Waals surface area contributed by atoms with Crippen molar-refractivity contribution in [3.8, 4) is 5.69 Å². The van der Waals surface area contributed by atoms with Gasteiger partial charge >= 0.3 is 0 Å². The van der Waals surface area contributed by atoms with Gasteiger partial charge in [0.05, 0.1) is 11.3 Å². The van der Waals surface area contributed by atoms with E-state index in [0.29, 0.717) is 17.1 Å². The van der Waals surface area contributed by atoms with Crippen LogP contribution in [0, 0.1) is 6.92 Å². The second-order valence-electron chi connectivity index (χ2n) is 5.21. The molecule has 1 amide bonds. The minimum Gasteiger partial charge on any atom is -0.307 e.